The van der Waals surface area contributed by atoms with Gasteiger partial charge in [-0.3, -0.25) is 10.1 Å². The predicted octanol–water partition coefficient (Wildman–Crippen LogP) is 3.85. The van der Waals surface area contributed by atoms with Crippen LogP contribution in [0.4, 0.5) is 13.2 Å². The number of aromatic nitrogens is 2. The lowest BCUT2D eigenvalue weighted by Crippen LogP contribution is -2.38. The van der Waals surface area contributed by atoms with Gasteiger partial charge in [-0.2, -0.15) is 13.2 Å². The number of carbonyl (C=O) groups excluding carboxylic acids is 1. The Morgan fingerprint density at radius 1 is 1.19 bits per heavy atom. The number of carbonyl (C=O) groups is 1. The number of alkyl halides is 3. The minimum atomic E-state index is -4.40. The van der Waals surface area contributed by atoms with Gasteiger partial charge in [0.1, 0.15) is 17.3 Å². The van der Waals surface area contributed by atoms with Crippen molar-refractivity contribution in [2.45, 2.75) is 39.2 Å². The molecule has 0 radical (unpaired) electrons. The van der Waals surface area contributed by atoms with Crippen LogP contribution in [0.1, 0.15) is 25.2 Å². The van der Waals surface area contributed by atoms with Crippen LogP contribution in [0.5, 0.6) is 11.5 Å². The Morgan fingerprint density at radius 3 is 2.50 bits per heavy atom. The maximum atomic E-state index is 12.8. The first kappa shape index (κ1) is 23.6. The van der Waals surface area contributed by atoms with E-state index in [4.69, 9.17) is 15.2 Å². The lowest BCUT2D eigenvalue weighted by Gasteiger charge is -2.13. The summed E-state index contributed by atoms with van der Waals surface area (Å²) in [7, 11) is 0. The molecule has 172 valence electrons. The van der Waals surface area contributed by atoms with Crippen LogP contribution < -0.4 is 15.8 Å². The number of imidazole rings is 1. The molecule has 0 bridgehead atoms. The van der Waals surface area contributed by atoms with Gasteiger partial charge in [0.15, 0.2) is 0 Å². The summed E-state index contributed by atoms with van der Waals surface area (Å²) in [5.74, 6) is 0.975. The molecule has 10 heteroatoms. The molecule has 0 saturated carbocycles. The minimum Gasteiger partial charge on any atom is -0.457 e. The second-order valence-electron chi connectivity index (χ2n) is 7.16. The number of primary amides is 1. The van der Waals surface area contributed by atoms with Crippen molar-refractivity contribution in [2.75, 3.05) is 13.2 Å². The number of nitrogens with two attached hydrogens (primary N) is 1. The molecule has 1 amide bonds. The van der Waals surface area contributed by atoms with E-state index in [9.17, 15) is 18.0 Å². The highest BCUT2D eigenvalue weighted by molar-refractivity contribution is 5.79. The first-order chi connectivity index (χ1) is 15.2. The van der Waals surface area contributed by atoms with Gasteiger partial charge < -0.3 is 19.8 Å². The summed E-state index contributed by atoms with van der Waals surface area (Å²) >= 11 is 0. The molecular weight excluding hydrogens is 425 g/mol. The third kappa shape index (κ3) is 5.77. The van der Waals surface area contributed by atoms with Crippen molar-refractivity contribution < 1.29 is 27.4 Å². The first-order valence-corrected chi connectivity index (χ1v) is 10.1. The van der Waals surface area contributed by atoms with E-state index in [0.29, 0.717) is 43.4 Å². The minimum absolute atomic E-state index is 0.287. The monoisotopic (exact) mass is 450 g/mol. The van der Waals surface area contributed by atoms with E-state index >= 15 is 0 Å². The Kier molecular flexibility index (Phi) is 7.37. The molecule has 3 N–H and O–H groups in total. The second kappa shape index (κ2) is 10.0. The lowest BCUT2D eigenvalue weighted by atomic mass is 10.2. The number of amides is 1. The van der Waals surface area contributed by atoms with Crippen LogP contribution in [0.2, 0.25) is 0 Å². The van der Waals surface area contributed by atoms with Crippen LogP contribution in [0.25, 0.3) is 11.0 Å². The quantitative estimate of drug-likeness (QED) is 0.458. The molecule has 3 rings (SSSR count). The number of halogens is 3. The molecule has 1 aromatic heterocycles. The predicted molar refractivity (Wildman–Crippen MR) is 113 cm³/mol. The number of hydrogen-bond donors (Lipinski definition) is 2. The van der Waals surface area contributed by atoms with E-state index in [2.05, 4.69) is 10.3 Å². The zero-order valence-corrected chi connectivity index (χ0v) is 17.8. The summed E-state index contributed by atoms with van der Waals surface area (Å²) in [6, 6.07) is 9.23. The lowest BCUT2D eigenvalue weighted by molar-refractivity contribution is -0.137. The van der Waals surface area contributed by atoms with Gasteiger partial charge in [0.05, 0.1) is 35.8 Å². The van der Waals surface area contributed by atoms with E-state index in [0.717, 1.165) is 17.6 Å². The van der Waals surface area contributed by atoms with Crippen LogP contribution in [-0.4, -0.2) is 34.7 Å². The number of rotatable bonds is 10. The first-order valence-electron chi connectivity index (χ1n) is 10.1. The smallest absolute Gasteiger partial charge is 0.416 e. The molecule has 32 heavy (non-hydrogen) atoms. The summed E-state index contributed by atoms with van der Waals surface area (Å²) in [5.41, 5.74) is 6.06. The maximum absolute atomic E-state index is 12.8. The van der Waals surface area contributed by atoms with Gasteiger partial charge in [0.25, 0.3) is 0 Å². The Labute approximate surface area is 183 Å². The summed E-state index contributed by atoms with van der Waals surface area (Å²) < 4.78 is 51.5. The SMILES string of the molecule is CCOCCn1c(CN[C@@H](C)C(N)=O)nc2ccc(Oc3ccc(C(F)(F)F)cc3)cc21. The standard InChI is InChI=1S/C22H25F3N4O3/c1-3-31-11-10-29-19-12-17(32-16-6-4-15(5-7-16)22(23,24)25)8-9-18(19)28-20(29)13-27-14(2)21(26)30/h4-9,12,14,27H,3,10-11,13H2,1-2H3,(H2,26,30)/t14-/m0/s1. The number of hydrogen-bond acceptors (Lipinski definition) is 5. The number of benzene rings is 2. The van der Waals surface area contributed by atoms with Gasteiger partial charge in [0, 0.05) is 19.2 Å². The van der Waals surface area contributed by atoms with Gasteiger partial charge in [-0.1, -0.05) is 0 Å². The van der Waals surface area contributed by atoms with Crippen LogP contribution >= 0.6 is 0 Å². The molecule has 0 fully saturated rings. The Morgan fingerprint density at radius 2 is 1.88 bits per heavy atom. The van der Waals surface area contributed by atoms with Gasteiger partial charge in [0.2, 0.25) is 5.91 Å². The van der Waals surface area contributed by atoms with Crippen LogP contribution in [-0.2, 0) is 28.8 Å². The highest BCUT2D eigenvalue weighted by Crippen LogP contribution is 2.32. The van der Waals surface area contributed by atoms with E-state index in [1.165, 1.54) is 12.1 Å². The number of nitrogens with one attached hydrogen (secondary N) is 1. The van der Waals surface area contributed by atoms with Gasteiger partial charge in [-0.15, -0.1) is 0 Å². The second-order valence-corrected chi connectivity index (χ2v) is 7.16. The molecule has 1 atom stereocenters. The Hall–Kier alpha value is -3.11. The zero-order chi connectivity index (χ0) is 23.3. The van der Waals surface area contributed by atoms with Crippen molar-refractivity contribution in [3.05, 3.63) is 53.9 Å². The summed E-state index contributed by atoms with van der Waals surface area (Å²) in [6.45, 7) is 5.45. The van der Waals surface area contributed by atoms with Gasteiger partial charge in [-0.05, 0) is 50.2 Å². The molecule has 7 nitrogen and oxygen atoms in total. The van der Waals surface area contributed by atoms with Crippen molar-refractivity contribution >= 4 is 16.9 Å². The average molecular weight is 450 g/mol. The third-order valence-electron chi connectivity index (χ3n) is 4.87. The van der Waals surface area contributed by atoms with Gasteiger partial charge >= 0.3 is 6.18 Å². The molecule has 2 aromatic carbocycles. The van der Waals surface area contributed by atoms with Crippen LogP contribution in [0.3, 0.4) is 0 Å². The summed E-state index contributed by atoms with van der Waals surface area (Å²) in [6.07, 6.45) is -4.40. The van der Waals surface area contributed by atoms with E-state index < -0.39 is 23.7 Å². The largest absolute Gasteiger partial charge is 0.457 e. The molecule has 0 unspecified atom stereocenters. The number of fused-ring (bicyclic) bond motifs is 1. The van der Waals surface area contributed by atoms with Crippen LogP contribution in [0, 0.1) is 0 Å². The molecule has 0 aliphatic carbocycles. The van der Waals surface area contributed by atoms with Crippen molar-refractivity contribution in [1.29, 1.82) is 0 Å². The fourth-order valence-electron chi connectivity index (χ4n) is 3.09. The van der Waals surface area contributed by atoms with Crippen molar-refractivity contribution in [2.24, 2.45) is 5.73 Å². The van der Waals surface area contributed by atoms with Crippen molar-refractivity contribution in [3.63, 3.8) is 0 Å². The Bertz CT molecular complexity index is 1060. The molecule has 0 aliphatic heterocycles. The summed E-state index contributed by atoms with van der Waals surface area (Å²) in [5, 5.41) is 3.04. The zero-order valence-electron chi connectivity index (χ0n) is 17.8. The highest BCUT2D eigenvalue weighted by Gasteiger charge is 2.30. The Balaban J connectivity index is 1.86. The topological polar surface area (TPSA) is 91.4 Å². The van der Waals surface area contributed by atoms with E-state index in [-0.39, 0.29) is 5.75 Å². The van der Waals surface area contributed by atoms with Crippen molar-refractivity contribution in [1.82, 2.24) is 14.9 Å². The average Bonchev–Trinajstić information content (AvgIpc) is 3.08. The molecule has 0 saturated heterocycles. The highest BCUT2D eigenvalue weighted by atomic mass is 19.4. The normalized spacial score (nSPS) is 12.8. The third-order valence-corrected chi connectivity index (χ3v) is 4.87. The molecule has 0 aliphatic rings. The fraction of sp³-hybridized carbons (Fsp3) is 0.364. The van der Waals surface area contributed by atoms with Gasteiger partial charge in [-0.25, -0.2) is 4.98 Å². The maximum Gasteiger partial charge on any atom is 0.416 e. The summed E-state index contributed by atoms with van der Waals surface area (Å²) in [4.78, 5) is 15.9. The molecule has 0 spiro atoms. The van der Waals surface area contributed by atoms with Crippen LogP contribution in [0.15, 0.2) is 42.5 Å². The fourth-order valence-corrected chi connectivity index (χ4v) is 3.09. The van der Waals surface area contributed by atoms with E-state index in [1.807, 2.05) is 11.5 Å². The number of ether oxygens (including phenoxy) is 2. The molecular formula is C22H25F3N4O3. The van der Waals surface area contributed by atoms with E-state index in [1.54, 1.807) is 25.1 Å². The number of nitrogens with zero attached hydrogens (tertiary/aromatic N) is 2. The molecule has 3 aromatic rings. The molecule has 1 heterocycles. The van der Waals surface area contributed by atoms with Crippen molar-refractivity contribution in [3.8, 4) is 11.5 Å².